The van der Waals surface area contributed by atoms with Gasteiger partial charge in [0.25, 0.3) is 0 Å². The molecular formula is C11H10ClNO2. The highest BCUT2D eigenvalue weighted by Crippen LogP contribution is 2.20. The molecule has 1 rings (SSSR count). The first-order valence-corrected chi connectivity index (χ1v) is 4.85. The standard InChI is InChI=1S/C11H10ClNO2/c1-3-15-11(14)10-7(2)4-9(12)5-8(10)6-13/h4-5H,3H2,1-2H3. The fraction of sp³-hybridized carbons (Fsp3) is 0.273. The van der Waals surface area contributed by atoms with Gasteiger partial charge in [0, 0.05) is 5.02 Å². The summed E-state index contributed by atoms with van der Waals surface area (Å²) in [6, 6.07) is 5.02. The molecule has 1 aromatic rings. The first kappa shape index (κ1) is 11.5. The van der Waals surface area contributed by atoms with Crippen LogP contribution in [0.4, 0.5) is 0 Å². The second-order valence-corrected chi connectivity index (χ2v) is 3.41. The number of ether oxygens (including phenoxy) is 1. The molecular weight excluding hydrogens is 214 g/mol. The number of carbonyl (C=O) groups excluding carboxylic acids is 1. The van der Waals surface area contributed by atoms with Crippen molar-refractivity contribution in [2.75, 3.05) is 6.61 Å². The van der Waals surface area contributed by atoms with Crippen molar-refractivity contribution in [3.8, 4) is 6.07 Å². The van der Waals surface area contributed by atoms with Crippen LogP contribution in [0, 0.1) is 18.3 Å². The molecule has 15 heavy (non-hydrogen) atoms. The molecule has 0 aliphatic rings. The Labute approximate surface area is 93.2 Å². The van der Waals surface area contributed by atoms with E-state index in [9.17, 15) is 4.79 Å². The minimum atomic E-state index is -0.483. The number of rotatable bonds is 2. The molecule has 0 amide bonds. The Morgan fingerprint density at radius 3 is 2.80 bits per heavy atom. The molecule has 78 valence electrons. The first-order chi connectivity index (χ1) is 7.10. The average molecular weight is 224 g/mol. The van der Waals surface area contributed by atoms with Gasteiger partial charge in [0.1, 0.15) is 6.07 Å². The molecule has 0 spiro atoms. The predicted molar refractivity (Wildman–Crippen MR) is 56.9 cm³/mol. The molecule has 0 aliphatic heterocycles. The van der Waals surface area contributed by atoms with Crippen molar-refractivity contribution in [3.63, 3.8) is 0 Å². The van der Waals surface area contributed by atoms with Gasteiger partial charge < -0.3 is 4.74 Å². The fourth-order valence-electron chi connectivity index (χ4n) is 1.31. The smallest absolute Gasteiger partial charge is 0.339 e. The van der Waals surface area contributed by atoms with E-state index in [4.69, 9.17) is 21.6 Å². The van der Waals surface area contributed by atoms with Gasteiger partial charge in [0.2, 0.25) is 0 Å². The van der Waals surface area contributed by atoms with Crippen LogP contribution in [-0.2, 0) is 4.74 Å². The topological polar surface area (TPSA) is 50.1 Å². The van der Waals surface area contributed by atoms with E-state index in [0.717, 1.165) is 0 Å². The lowest BCUT2D eigenvalue weighted by Crippen LogP contribution is -2.09. The van der Waals surface area contributed by atoms with Gasteiger partial charge in [-0.15, -0.1) is 0 Å². The lowest BCUT2D eigenvalue weighted by atomic mass is 10.0. The highest BCUT2D eigenvalue weighted by atomic mass is 35.5. The monoisotopic (exact) mass is 223 g/mol. The van der Waals surface area contributed by atoms with E-state index >= 15 is 0 Å². The third-order valence-corrected chi connectivity index (χ3v) is 2.12. The normalized spacial score (nSPS) is 9.47. The highest BCUT2D eigenvalue weighted by molar-refractivity contribution is 6.31. The average Bonchev–Trinajstić information content (AvgIpc) is 2.16. The Hall–Kier alpha value is -1.53. The van der Waals surface area contributed by atoms with Crippen LogP contribution in [0.3, 0.4) is 0 Å². The van der Waals surface area contributed by atoms with Crippen molar-refractivity contribution >= 4 is 17.6 Å². The fourth-order valence-corrected chi connectivity index (χ4v) is 1.58. The number of halogens is 1. The molecule has 0 saturated heterocycles. The maximum Gasteiger partial charge on any atom is 0.339 e. The van der Waals surface area contributed by atoms with Crippen molar-refractivity contribution < 1.29 is 9.53 Å². The minimum Gasteiger partial charge on any atom is -0.462 e. The van der Waals surface area contributed by atoms with Crippen LogP contribution in [0.25, 0.3) is 0 Å². The summed E-state index contributed by atoms with van der Waals surface area (Å²) in [5.74, 6) is -0.483. The Morgan fingerprint density at radius 1 is 1.60 bits per heavy atom. The van der Waals surface area contributed by atoms with Gasteiger partial charge in [-0.3, -0.25) is 0 Å². The van der Waals surface area contributed by atoms with E-state index in [-0.39, 0.29) is 12.2 Å². The number of esters is 1. The third-order valence-electron chi connectivity index (χ3n) is 1.90. The molecule has 0 bridgehead atoms. The molecule has 0 aromatic heterocycles. The van der Waals surface area contributed by atoms with Crippen LogP contribution in [0.5, 0.6) is 0 Å². The lowest BCUT2D eigenvalue weighted by Gasteiger charge is -2.07. The Balaban J connectivity index is 3.28. The molecule has 4 heteroatoms. The van der Waals surface area contributed by atoms with E-state index in [1.165, 1.54) is 6.07 Å². The summed E-state index contributed by atoms with van der Waals surface area (Å²) in [6.45, 7) is 3.72. The van der Waals surface area contributed by atoms with Gasteiger partial charge in [-0.2, -0.15) is 5.26 Å². The Bertz CT molecular complexity index is 435. The number of nitrogens with zero attached hydrogens (tertiary/aromatic N) is 1. The molecule has 0 saturated carbocycles. The molecule has 0 fully saturated rings. The van der Waals surface area contributed by atoms with E-state index in [2.05, 4.69) is 0 Å². The third kappa shape index (κ3) is 2.48. The lowest BCUT2D eigenvalue weighted by molar-refractivity contribution is 0.0525. The number of nitriles is 1. The summed E-state index contributed by atoms with van der Waals surface area (Å²) < 4.78 is 4.86. The number of hydrogen-bond acceptors (Lipinski definition) is 3. The van der Waals surface area contributed by atoms with Crippen molar-refractivity contribution in [1.82, 2.24) is 0 Å². The molecule has 1 aromatic carbocycles. The van der Waals surface area contributed by atoms with E-state index in [0.29, 0.717) is 16.1 Å². The van der Waals surface area contributed by atoms with Crippen molar-refractivity contribution in [2.24, 2.45) is 0 Å². The zero-order valence-electron chi connectivity index (χ0n) is 8.50. The van der Waals surface area contributed by atoms with E-state index < -0.39 is 5.97 Å². The van der Waals surface area contributed by atoms with Crippen molar-refractivity contribution in [3.05, 3.63) is 33.8 Å². The minimum absolute atomic E-state index is 0.249. The Kier molecular flexibility index (Phi) is 3.70. The number of aryl methyl sites for hydroxylation is 1. The maximum absolute atomic E-state index is 11.5. The summed E-state index contributed by atoms with van der Waals surface area (Å²) in [4.78, 5) is 11.5. The molecule has 0 unspecified atom stereocenters. The SMILES string of the molecule is CCOC(=O)c1c(C)cc(Cl)cc1C#N. The summed E-state index contributed by atoms with van der Waals surface area (Å²) in [5.41, 5.74) is 1.19. The molecule has 3 nitrogen and oxygen atoms in total. The highest BCUT2D eigenvalue weighted by Gasteiger charge is 2.16. The Morgan fingerprint density at radius 2 is 2.27 bits per heavy atom. The number of hydrogen-bond donors (Lipinski definition) is 0. The van der Waals surface area contributed by atoms with Crippen LogP contribution < -0.4 is 0 Å². The van der Waals surface area contributed by atoms with Crippen LogP contribution >= 0.6 is 11.6 Å². The number of benzene rings is 1. The predicted octanol–water partition coefficient (Wildman–Crippen LogP) is 2.70. The second-order valence-electron chi connectivity index (χ2n) is 2.98. The van der Waals surface area contributed by atoms with Gasteiger partial charge in [-0.05, 0) is 31.5 Å². The van der Waals surface area contributed by atoms with Crippen LogP contribution in [0.2, 0.25) is 5.02 Å². The molecule has 0 N–H and O–H groups in total. The zero-order chi connectivity index (χ0) is 11.4. The van der Waals surface area contributed by atoms with Crippen LogP contribution in [-0.4, -0.2) is 12.6 Å². The summed E-state index contributed by atoms with van der Waals surface area (Å²) in [5, 5.41) is 9.31. The van der Waals surface area contributed by atoms with Gasteiger partial charge in [0.05, 0.1) is 17.7 Å². The molecule has 0 radical (unpaired) electrons. The van der Waals surface area contributed by atoms with E-state index in [1.807, 2.05) is 6.07 Å². The summed E-state index contributed by atoms with van der Waals surface area (Å²) >= 11 is 5.78. The summed E-state index contributed by atoms with van der Waals surface area (Å²) in [7, 11) is 0. The molecule has 0 aliphatic carbocycles. The number of carbonyl (C=O) groups is 1. The van der Waals surface area contributed by atoms with Gasteiger partial charge in [0.15, 0.2) is 0 Å². The van der Waals surface area contributed by atoms with Gasteiger partial charge in [-0.25, -0.2) is 4.79 Å². The van der Waals surface area contributed by atoms with Gasteiger partial charge >= 0.3 is 5.97 Å². The maximum atomic E-state index is 11.5. The van der Waals surface area contributed by atoms with E-state index in [1.54, 1.807) is 19.9 Å². The quantitative estimate of drug-likeness (QED) is 0.725. The molecule has 0 atom stereocenters. The largest absolute Gasteiger partial charge is 0.462 e. The van der Waals surface area contributed by atoms with Crippen molar-refractivity contribution in [1.29, 1.82) is 5.26 Å². The zero-order valence-corrected chi connectivity index (χ0v) is 9.26. The first-order valence-electron chi connectivity index (χ1n) is 4.47. The second kappa shape index (κ2) is 4.81. The summed E-state index contributed by atoms with van der Waals surface area (Å²) in [6.07, 6.45) is 0. The van der Waals surface area contributed by atoms with Crippen molar-refractivity contribution in [2.45, 2.75) is 13.8 Å². The van der Waals surface area contributed by atoms with Crippen LogP contribution in [0.15, 0.2) is 12.1 Å². The molecule has 0 heterocycles. The van der Waals surface area contributed by atoms with Gasteiger partial charge in [-0.1, -0.05) is 11.6 Å². The van der Waals surface area contributed by atoms with Crippen LogP contribution in [0.1, 0.15) is 28.4 Å².